The fourth-order valence-electron chi connectivity index (χ4n) is 7.86. The topological polar surface area (TPSA) is 207 Å². The highest BCUT2D eigenvalue weighted by Gasteiger charge is 2.38. The van der Waals surface area contributed by atoms with E-state index in [2.05, 4.69) is 35.6 Å². The first-order chi connectivity index (χ1) is 27.0. The number of rotatable bonds is 10. The number of carbonyl (C=O) groups excluding carboxylic acids is 4. The molecule has 5 N–H and O–H groups in total. The lowest BCUT2D eigenvalue weighted by molar-refractivity contribution is -0.135. The van der Waals surface area contributed by atoms with E-state index < -0.39 is 24.3 Å². The van der Waals surface area contributed by atoms with Gasteiger partial charge in [0.2, 0.25) is 11.8 Å². The smallest absolute Gasteiger partial charge is 0.407 e. The van der Waals surface area contributed by atoms with Crippen LogP contribution in [0.1, 0.15) is 76.6 Å². The number of hydrogen-bond donors (Lipinski definition) is 5. The second-order valence-corrected chi connectivity index (χ2v) is 14.7. The number of methoxy groups -OCH3 is 2. The Morgan fingerprint density at radius 1 is 0.768 bits per heavy atom. The van der Waals surface area contributed by atoms with E-state index >= 15 is 0 Å². The van der Waals surface area contributed by atoms with E-state index in [0.29, 0.717) is 58.7 Å². The van der Waals surface area contributed by atoms with E-state index in [-0.39, 0.29) is 35.2 Å². The van der Waals surface area contributed by atoms with Crippen LogP contribution in [-0.2, 0) is 19.1 Å². The number of hydrogen-bond acceptors (Lipinski definition) is 9. The standard InChI is InChI=1S/C40H47N9O7/c1-6-26(46-39(53)55-4)37(51)48-15-7-9-31(48)35-42-20-30(45-35)23-11-13-24-28(18-23)43-27-14-12-22(17-25(27)34(24)50)29-19-41-36(44-29)32-10-8-16-49(32)38(52)33(21(2)3)47-40(54)56-5/h11-14,17-21,26,31-33H,6-10,15-16H2,1-5H3,(H,41,44)(H,42,45)(H,43,50)(H,46,53)(H,47,54). The van der Waals surface area contributed by atoms with Gasteiger partial charge < -0.3 is 44.9 Å². The quantitative estimate of drug-likeness (QED) is 0.117. The van der Waals surface area contributed by atoms with Gasteiger partial charge in [0.1, 0.15) is 23.7 Å². The number of H-pyrrole nitrogens is 3. The van der Waals surface area contributed by atoms with E-state index in [4.69, 9.17) is 9.47 Å². The fraction of sp³-hybridized carbons (Fsp3) is 0.425. The minimum absolute atomic E-state index is 0.122. The van der Waals surface area contributed by atoms with Gasteiger partial charge in [0.15, 0.2) is 5.43 Å². The molecule has 2 saturated heterocycles. The number of benzene rings is 2. The molecule has 5 heterocycles. The van der Waals surface area contributed by atoms with Crippen molar-refractivity contribution in [2.45, 2.75) is 77.0 Å². The Labute approximate surface area is 322 Å². The number of carbonyl (C=O) groups is 4. The average molecular weight is 766 g/mol. The van der Waals surface area contributed by atoms with Crippen molar-refractivity contribution in [3.63, 3.8) is 0 Å². The van der Waals surface area contributed by atoms with Crippen molar-refractivity contribution in [2.24, 2.45) is 5.92 Å². The highest BCUT2D eigenvalue weighted by Crippen LogP contribution is 2.35. The number of imidazole rings is 2. The Morgan fingerprint density at radius 2 is 1.34 bits per heavy atom. The minimum Gasteiger partial charge on any atom is -0.453 e. The monoisotopic (exact) mass is 765 g/mol. The first-order valence-electron chi connectivity index (χ1n) is 19.0. The Morgan fingerprint density at radius 3 is 1.93 bits per heavy atom. The molecule has 56 heavy (non-hydrogen) atoms. The molecule has 2 aromatic carbocycles. The Bertz CT molecular complexity index is 2350. The lowest BCUT2D eigenvalue weighted by atomic mass is 10.0. The van der Waals surface area contributed by atoms with Crippen LogP contribution >= 0.6 is 0 Å². The molecule has 2 aliphatic heterocycles. The van der Waals surface area contributed by atoms with Crippen molar-refractivity contribution in [3.05, 3.63) is 70.7 Å². The molecule has 0 spiro atoms. The first-order valence-corrected chi connectivity index (χ1v) is 19.0. The summed E-state index contributed by atoms with van der Waals surface area (Å²) in [5.41, 5.74) is 4.27. The number of ether oxygens (including phenoxy) is 2. The normalized spacial score (nSPS) is 18.0. The molecule has 4 unspecified atom stereocenters. The second kappa shape index (κ2) is 15.9. The fourth-order valence-corrected chi connectivity index (χ4v) is 7.86. The Kier molecular flexibility index (Phi) is 10.8. The van der Waals surface area contributed by atoms with Crippen LogP contribution in [0.5, 0.6) is 0 Å². The van der Waals surface area contributed by atoms with Gasteiger partial charge in [-0.3, -0.25) is 14.4 Å². The van der Waals surface area contributed by atoms with Crippen molar-refractivity contribution in [2.75, 3.05) is 27.3 Å². The summed E-state index contributed by atoms with van der Waals surface area (Å²) in [5.74, 6) is 0.791. The molecular formula is C40H47N9O7. The molecule has 294 valence electrons. The molecule has 0 radical (unpaired) electrons. The van der Waals surface area contributed by atoms with Crippen molar-refractivity contribution in [1.29, 1.82) is 0 Å². The number of pyridine rings is 1. The molecule has 7 rings (SSSR count). The maximum Gasteiger partial charge on any atom is 0.407 e. The van der Waals surface area contributed by atoms with Gasteiger partial charge >= 0.3 is 12.2 Å². The van der Waals surface area contributed by atoms with Crippen LogP contribution in [0, 0.1) is 5.92 Å². The van der Waals surface area contributed by atoms with Crippen LogP contribution in [0.3, 0.4) is 0 Å². The van der Waals surface area contributed by atoms with Crippen molar-refractivity contribution >= 4 is 45.8 Å². The summed E-state index contributed by atoms with van der Waals surface area (Å²) in [6.07, 6.45) is 5.64. The summed E-state index contributed by atoms with van der Waals surface area (Å²) >= 11 is 0. The van der Waals surface area contributed by atoms with Gasteiger partial charge in [-0.1, -0.05) is 32.9 Å². The van der Waals surface area contributed by atoms with Crippen LogP contribution in [0.15, 0.2) is 53.6 Å². The molecule has 4 atom stereocenters. The van der Waals surface area contributed by atoms with Crippen LogP contribution in [0.25, 0.3) is 44.3 Å². The van der Waals surface area contributed by atoms with Gasteiger partial charge in [0.25, 0.3) is 0 Å². The van der Waals surface area contributed by atoms with Gasteiger partial charge in [0, 0.05) is 40.5 Å². The highest BCUT2D eigenvalue weighted by atomic mass is 16.5. The lowest BCUT2D eigenvalue weighted by Gasteiger charge is -2.30. The van der Waals surface area contributed by atoms with Crippen molar-refractivity contribution in [3.8, 4) is 22.5 Å². The Balaban J connectivity index is 1.10. The number of aromatic amines is 3. The summed E-state index contributed by atoms with van der Waals surface area (Å²) in [7, 11) is 2.54. The number of nitrogens with one attached hydrogen (secondary N) is 5. The van der Waals surface area contributed by atoms with Crippen LogP contribution in [0.2, 0.25) is 0 Å². The summed E-state index contributed by atoms with van der Waals surface area (Å²) in [6.45, 7) is 6.70. The molecule has 2 fully saturated rings. The van der Waals surface area contributed by atoms with Gasteiger partial charge in [-0.25, -0.2) is 19.6 Å². The average Bonchev–Trinajstić information content (AvgIpc) is 4.05. The first kappa shape index (κ1) is 38.1. The second-order valence-electron chi connectivity index (χ2n) is 14.7. The van der Waals surface area contributed by atoms with Gasteiger partial charge in [-0.2, -0.15) is 0 Å². The zero-order valence-electron chi connectivity index (χ0n) is 32.1. The van der Waals surface area contributed by atoms with Gasteiger partial charge in [0.05, 0.1) is 55.6 Å². The van der Waals surface area contributed by atoms with Crippen molar-refractivity contribution in [1.82, 2.24) is 45.4 Å². The zero-order valence-corrected chi connectivity index (χ0v) is 32.1. The van der Waals surface area contributed by atoms with E-state index in [1.54, 1.807) is 28.3 Å². The molecule has 2 aliphatic rings. The predicted octanol–water partition coefficient (Wildman–Crippen LogP) is 5.30. The Hall–Kier alpha value is -6.19. The molecule has 16 nitrogen and oxygen atoms in total. The molecule has 16 heteroatoms. The van der Waals surface area contributed by atoms with Gasteiger partial charge in [-0.15, -0.1) is 0 Å². The van der Waals surface area contributed by atoms with Crippen LogP contribution in [-0.4, -0.2) is 98.1 Å². The SMILES string of the molecule is CCC(NC(=O)OC)C(=O)N1CCCC1c1ncc(-c2ccc3c(=O)c4cc(-c5cnc(C6CCCN6C(=O)C(NC(=O)OC)C(C)C)[nH]5)ccc4[nH]c3c2)[nH]1. The number of amides is 4. The zero-order chi connectivity index (χ0) is 39.7. The van der Waals surface area contributed by atoms with E-state index in [1.807, 2.05) is 51.1 Å². The largest absolute Gasteiger partial charge is 0.453 e. The molecule has 4 amide bonds. The molecule has 0 bridgehead atoms. The van der Waals surface area contributed by atoms with Crippen molar-refractivity contribution < 1.29 is 28.7 Å². The summed E-state index contributed by atoms with van der Waals surface area (Å²) < 4.78 is 9.45. The van der Waals surface area contributed by atoms with Crippen LogP contribution in [0.4, 0.5) is 9.59 Å². The number of aromatic nitrogens is 5. The van der Waals surface area contributed by atoms with E-state index in [1.165, 1.54) is 14.2 Å². The number of nitrogens with zero attached hydrogens (tertiary/aromatic N) is 4. The van der Waals surface area contributed by atoms with E-state index in [0.717, 1.165) is 42.5 Å². The predicted molar refractivity (Wildman–Crippen MR) is 208 cm³/mol. The molecule has 5 aromatic rings. The third-order valence-electron chi connectivity index (χ3n) is 10.9. The summed E-state index contributed by atoms with van der Waals surface area (Å²) in [6, 6.07) is 9.23. The minimum atomic E-state index is -0.731. The highest BCUT2D eigenvalue weighted by molar-refractivity contribution is 5.96. The number of fused-ring (bicyclic) bond motifs is 2. The molecule has 3 aromatic heterocycles. The number of alkyl carbamates (subject to hydrolysis) is 2. The summed E-state index contributed by atoms with van der Waals surface area (Å²) in [5, 5.41) is 6.35. The van der Waals surface area contributed by atoms with E-state index in [9.17, 15) is 24.0 Å². The van der Waals surface area contributed by atoms with Gasteiger partial charge in [-0.05, 0) is 62.3 Å². The maximum atomic E-state index is 13.9. The molecule has 0 aliphatic carbocycles. The lowest BCUT2D eigenvalue weighted by Crippen LogP contribution is -2.51. The summed E-state index contributed by atoms with van der Waals surface area (Å²) in [4.78, 5) is 87.7. The number of likely N-dealkylation sites (tertiary alicyclic amines) is 2. The third kappa shape index (κ3) is 7.30. The molecule has 0 saturated carbocycles. The maximum absolute atomic E-state index is 13.9. The molecular weight excluding hydrogens is 718 g/mol. The van der Waals surface area contributed by atoms with Crippen LogP contribution < -0.4 is 16.1 Å². The third-order valence-corrected chi connectivity index (χ3v) is 10.9.